The molecule has 5 heteroatoms. The average molecular weight is 278 g/mol. The fourth-order valence-corrected chi connectivity index (χ4v) is 3.45. The van der Waals surface area contributed by atoms with Crippen molar-refractivity contribution >= 4 is 51.1 Å². The number of rotatable bonds is 2. The molecule has 0 saturated carbocycles. The summed E-state index contributed by atoms with van der Waals surface area (Å²) in [6, 6.07) is 5.75. The van der Waals surface area contributed by atoms with Crippen LogP contribution >= 0.6 is 46.7 Å². The van der Waals surface area contributed by atoms with Gasteiger partial charge >= 0.3 is 0 Å². The van der Waals surface area contributed by atoms with Gasteiger partial charge < -0.3 is 0 Å². The Morgan fingerprint density at radius 1 is 1.33 bits per heavy atom. The van der Waals surface area contributed by atoms with Crippen molar-refractivity contribution in [1.29, 1.82) is 0 Å². The SMILES string of the molecule is Clc1ccc(CSC2=NCCS2)cc1Cl. The fraction of sp³-hybridized carbons (Fsp3) is 0.300. The van der Waals surface area contributed by atoms with E-state index in [9.17, 15) is 0 Å². The highest BCUT2D eigenvalue weighted by Gasteiger charge is 2.08. The minimum absolute atomic E-state index is 0.609. The molecule has 0 amide bonds. The van der Waals surface area contributed by atoms with Gasteiger partial charge in [-0.1, -0.05) is 52.8 Å². The van der Waals surface area contributed by atoms with Gasteiger partial charge in [-0.25, -0.2) is 0 Å². The van der Waals surface area contributed by atoms with Gasteiger partial charge in [0.25, 0.3) is 0 Å². The Hall–Kier alpha value is 0.170. The zero-order valence-corrected chi connectivity index (χ0v) is 11.0. The summed E-state index contributed by atoms with van der Waals surface area (Å²) in [5.74, 6) is 2.02. The zero-order valence-electron chi connectivity index (χ0n) is 7.87. The van der Waals surface area contributed by atoms with Gasteiger partial charge in [-0.3, -0.25) is 4.99 Å². The van der Waals surface area contributed by atoms with Crippen LogP contribution in [-0.4, -0.2) is 16.7 Å². The monoisotopic (exact) mass is 277 g/mol. The molecule has 1 aliphatic heterocycles. The molecule has 0 aliphatic carbocycles. The van der Waals surface area contributed by atoms with Gasteiger partial charge in [0.15, 0.2) is 0 Å². The number of thioether (sulfide) groups is 2. The molecule has 0 bridgehead atoms. The van der Waals surface area contributed by atoms with E-state index in [0.717, 1.165) is 18.1 Å². The number of aliphatic imine (C=N–C) groups is 1. The van der Waals surface area contributed by atoms with Gasteiger partial charge in [0.1, 0.15) is 4.38 Å². The quantitative estimate of drug-likeness (QED) is 0.798. The van der Waals surface area contributed by atoms with E-state index in [-0.39, 0.29) is 0 Å². The average Bonchev–Trinajstić information content (AvgIpc) is 2.73. The third-order valence-electron chi connectivity index (χ3n) is 1.90. The van der Waals surface area contributed by atoms with E-state index in [1.54, 1.807) is 11.8 Å². The Kier molecular flexibility index (Phi) is 4.26. The Balaban J connectivity index is 1.96. The van der Waals surface area contributed by atoms with Crippen molar-refractivity contribution in [2.24, 2.45) is 4.99 Å². The third-order valence-corrected chi connectivity index (χ3v) is 4.97. The van der Waals surface area contributed by atoms with Gasteiger partial charge in [0.2, 0.25) is 0 Å². The molecule has 80 valence electrons. The number of nitrogens with zero attached hydrogens (tertiary/aromatic N) is 1. The second-order valence-corrected chi connectivity index (χ2v) is 6.15. The molecule has 0 aromatic heterocycles. The normalized spacial score (nSPS) is 15.5. The van der Waals surface area contributed by atoms with Gasteiger partial charge in [-0.05, 0) is 17.7 Å². The summed E-state index contributed by atoms with van der Waals surface area (Å²) < 4.78 is 1.18. The molecule has 1 heterocycles. The Morgan fingerprint density at radius 3 is 2.87 bits per heavy atom. The van der Waals surface area contributed by atoms with Crippen LogP contribution in [0.15, 0.2) is 23.2 Å². The maximum Gasteiger partial charge on any atom is 0.124 e. The molecule has 0 saturated heterocycles. The number of benzene rings is 1. The van der Waals surface area contributed by atoms with Crippen LogP contribution in [0.2, 0.25) is 10.0 Å². The first-order valence-electron chi connectivity index (χ1n) is 4.49. The van der Waals surface area contributed by atoms with Crippen LogP contribution in [0.5, 0.6) is 0 Å². The van der Waals surface area contributed by atoms with Crippen LogP contribution in [0.3, 0.4) is 0 Å². The lowest BCUT2D eigenvalue weighted by molar-refractivity contribution is 1.18. The van der Waals surface area contributed by atoms with Crippen molar-refractivity contribution in [3.05, 3.63) is 33.8 Å². The highest BCUT2D eigenvalue weighted by atomic mass is 35.5. The fourth-order valence-electron chi connectivity index (χ4n) is 1.18. The second kappa shape index (κ2) is 5.48. The van der Waals surface area contributed by atoms with Crippen molar-refractivity contribution in [3.63, 3.8) is 0 Å². The molecule has 1 aliphatic rings. The van der Waals surface area contributed by atoms with Crippen LogP contribution < -0.4 is 0 Å². The zero-order chi connectivity index (χ0) is 10.7. The summed E-state index contributed by atoms with van der Waals surface area (Å²) in [5.41, 5.74) is 1.18. The van der Waals surface area contributed by atoms with Crippen molar-refractivity contribution in [2.75, 3.05) is 12.3 Å². The van der Waals surface area contributed by atoms with Gasteiger partial charge in [-0.2, -0.15) is 0 Å². The van der Waals surface area contributed by atoms with Gasteiger partial charge in [0.05, 0.1) is 16.6 Å². The summed E-state index contributed by atoms with van der Waals surface area (Å²) >= 11 is 15.4. The first-order chi connectivity index (χ1) is 7.25. The summed E-state index contributed by atoms with van der Waals surface area (Å²) in [5, 5.41) is 1.23. The molecule has 0 N–H and O–H groups in total. The van der Waals surface area contributed by atoms with Gasteiger partial charge in [-0.15, -0.1) is 0 Å². The maximum atomic E-state index is 5.93. The van der Waals surface area contributed by atoms with E-state index in [1.807, 2.05) is 30.0 Å². The van der Waals surface area contributed by atoms with Gasteiger partial charge in [0, 0.05) is 11.5 Å². The van der Waals surface area contributed by atoms with Crippen molar-refractivity contribution in [2.45, 2.75) is 5.75 Å². The predicted octanol–water partition coefficient (Wildman–Crippen LogP) is 4.33. The van der Waals surface area contributed by atoms with Crippen LogP contribution in [0.25, 0.3) is 0 Å². The molecule has 0 radical (unpaired) electrons. The maximum absolute atomic E-state index is 5.93. The van der Waals surface area contributed by atoms with E-state index in [2.05, 4.69) is 4.99 Å². The summed E-state index contributed by atoms with van der Waals surface area (Å²) in [7, 11) is 0. The number of halogens is 2. The van der Waals surface area contributed by atoms with Crippen LogP contribution in [-0.2, 0) is 5.75 Å². The van der Waals surface area contributed by atoms with Crippen LogP contribution in [0, 0.1) is 0 Å². The summed E-state index contributed by atoms with van der Waals surface area (Å²) in [4.78, 5) is 4.37. The van der Waals surface area contributed by atoms with Crippen molar-refractivity contribution in [1.82, 2.24) is 0 Å². The topological polar surface area (TPSA) is 12.4 Å². The van der Waals surface area contributed by atoms with Crippen molar-refractivity contribution in [3.8, 4) is 0 Å². The molecule has 15 heavy (non-hydrogen) atoms. The highest BCUT2D eigenvalue weighted by Crippen LogP contribution is 2.28. The molecule has 0 unspecified atom stereocenters. The Labute approximate surface area is 108 Å². The molecule has 1 aromatic carbocycles. The minimum Gasteiger partial charge on any atom is -0.271 e. The van der Waals surface area contributed by atoms with E-state index < -0.39 is 0 Å². The highest BCUT2D eigenvalue weighted by molar-refractivity contribution is 8.38. The Morgan fingerprint density at radius 2 is 2.20 bits per heavy atom. The first-order valence-corrected chi connectivity index (χ1v) is 7.22. The van der Waals surface area contributed by atoms with E-state index in [4.69, 9.17) is 23.2 Å². The second-order valence-electron chi connectivity index (χ2n) is 3.03. The number of hydrogen-bond acceptors (Lipinski definition) is 3. The van der Waals surface area contributed by atoms with E-state index in [1.165, 1.54) is 9.94 Å². The minimum atomic E-state index is 0.609. The van der Waals surface area contributed by atoms with E-state index >= 15 is 0 Å². The third kappa shape index (κ3) is 3.31. The molecular formula is C10H9Cl2NS2. The standard InChI is InChI=1S/C10H9Cl2NS2/c11-8-2-1-7(5-9(8)12)6-15-10-13-3-4-14-10/h1-2,5H,3-4,6H2. The lowest BCUT2D eigenvalue weighted by Gasteiger charge is -2.02. The summed E-state index contributed by atoms with van der Waals surface area (Å²) in [6.45, 7) is 0.953. The molecule has 0 spiro atoms. The Bertz CT molecular complexity index is 393. The molecular weight excluding hydrogens is 269 g/mol. The molecule has 1 nitrogen and oxygen atoms in total. The molecule has 0 fully saturated rings. The lowest BCUT2D eigenvalue weighted by Crippen LogP contribution is -1.85. The largest absolute Gasteiger partial charge is 0.271 e. The lowest BCUT2D eigenvalue weighted by atomic mass is 10.2. The first kappa shape index (κ1) is 11.6. The molecule has 2 rings (SSSR count). The van der Waals surface area contributed by atoms with Crippen molar-refractivity contribution < 1.29 is 0 Å². The summed E-state index contributed by atoms with van der Waals surface area (Å²) in [6.07, 6.45) is 0. The smallest absolute Gasteiger partial charge is 0.124 e. The van der Waals surface area contributed by atoms with Crippen LogP contribution in [0.4, 0.5) is 0 Å². The molecule has 0 atom stereocenters. The predicted molar refractivity (Wildman–Crippen MR) is 72.5 cm³/mol. The number of hydrogen-bond donors (Lipinski definition) is 0. The molecule has 1 aromatic rings. The van der Waals surface area contributed by atoms with E-state index in [0.29, 0.717) is 10.0 Å². The van der Waals surface area contributed by atoms with Crippen LogP contribution in [0.1, 0.15) is 5.56 Å².